The summed E-state index contributed by atoms with van der Waals surface area (Å²) >= 11 is 2.71. The minimum absolute atomic E-state index is 0.226. The first-order valence-electron chi connectivity index (χ1n) is 13.9. The summed E-state index contributed by atoms with van der Waals surface area (Å²) < 4.78 is 1.35. The molecule has 1 nitrogen and oxygen atoms in total. The van der Waals surface area contributed by atoms with Gasteiger partial charge in [-0.3, -0.25) is 0 Å². The smallest absolute Gasteiger partial charge is 0.140 e. The summed E-state index contributed by atoms with van der Waals surface area (Å²) in [4.78, 5) is 0. The second-order valence-electron chi connectivity index (χ2n) is 10.3. The van der Waals surface area contributed by atoms with E-state index in [4.69, 9.17) is 6.42 Å². The van der Waals surface area contributed by atoms with Gasteiger partial charge in [0.2, 0.25) is 0 Å². The number of allylic oxidation sites excluding steroid dienone is 3. The van der Waals surface area contributed by atoms with E-state index in [0.29, 0.717) is 0 Å². The molecule has 0 fully saturated rings. The minimum atomic E-state index is 0.226. The lowest BCUT2D eigenvalue weighted by atomic mass is 9.97. The Bertz CT molecular complexity index is 524. The fraction of sp³-hybridized carbons (Fsp3) is 0.800. The van der Waals surface area contributed by atoms with Gasteiger partial charge < -0.3 is 4.48 Å². The third-order valence-electron chi connectivity index (χ3n) is 7.10. The average Bonchev–Trinajstić information content (AvgIpc) is 2.78. The van der Waals surface area contributed by atoms with Crippen molar-refractivity contribution in [3.05, 3.63) is 24.3 Å². The average molecular weight is 555 g/mol. The zero-order valence-electron chi connectivity index (χ0n) is 21.6. The van der Waals surface area contributed by atoms with E-state index in [2.05, 4.69) is 66.7 Å². The maximum absolute atomic E-state index is 5.96. The fourth-order valence-electron chi connectivity index (χ4n) is 5.15. The molecule has 0 bridgehead atoms. The summed E-state index contributed by atoms with van der Waals surface area (Å²) in [6.07, 6.45) is 38.5. The van der Waals surface area contributed by atoms with E-state index in [1.54, 1.807) is 0 Å². The first-order valence-corrected chi connectivity index (χ1v) is 15.0. The van der Waals surface area contributed by atoms with Crippen molar-refractivity contribution in [3.63, 3.8) is 0 Å². The lowest BCUT2D eigenvalue weighted by molar-refractivity contribution is -0.922. The zero-order valence-corrected chi connectivity index (χ0v) is 23.7. The predicted molar refractivity (Wildman–Crippen MR) is 153 cm³/mol. The van der Waals surface area contributed by atoms with Crippen LogP contribution in [0.2, 0.25) is 0 Å². The molecule has 0 radical (unpaired) electrons. The molecule has 1 atom stereocenters. The van der Waals surface area contributed by atoms with Gasteiger partial charge in [-0.25, -0.2) is 0 Å². The summed E-state index contributed by atoms with van der Waals surface area (Å²) in [5.74, 6) is 3.09. The van der Waals surface area contributed by atoms with E-state index in [1.165, 1.54) is 122 Å². The summed E-state index contributed by atoms with van der Waals surface area (Å²) in [7, 11) is 0. The van der Waals surface area contributed by atoms with Crippen molar-refractivity contribution in [2.75, 3.05) is 26.2 Å². The Balaban J connectivity index is 2.54. The molecule has 0 N–H and O–H groups in total. The molecule has 2 heteroatoms. The minimum Gasteiger partial charge on any atom is -0.312 e. The number of hydrogen-bond donors (Lipinski definition) is 0. The second-order valence-corrected chi connectivity index (χ2v) is 12.4. The highest BCUT2D eigenvalue weighted by atomic mass is 127. The van der Waals surface area contributed by atoms with Crippen molar-refractivity contribution < 1.29 is 4.48 Å². The first-order chi connectivity index (χ1) is 15.6. The van der Waals surface area contributed by atoms with Crippen LogP contribution < -0.4 is 0 Å². The molecule has 1 unspecified atom stereocenters. The van der Waals surface area contributed by atoms with Gasteiger partial charge in [0.05, 0.1) is 23.1 Å². The molecule has 184 valence electrons. The number of quaternary nitrogens is 1. The molecule has 0 aromatic rings. The van der Waals surface area contributed by atoms with E-state index in [-0.39, 0.29) is 3.42 Å². The Hall–Kier alpha value is -0.270. The molecular weight excluding hydrogens is 501 g/mol. The van der Waals surface area contributed by atoms with Crippen molar-refractivity contribution in [1.82, 2.24) is 0 Å². The van der Waals surface area contributed by atoms with Crippen molar-refractivity contribution in [2.24, 2.45) is 0 Å². The lowest BCUT2D eigenvalue weighted by Gasteiger charge is -2.42. The van der Waals surface area contributed by atoms with Gasteiger partial charge >= 0.3 is 0 Å². The van der Waals surface area contributed by atoms with Gasteiger partial charge in [0, 0.05) is 0 Å². The standard InChI is InChI=1S/C30H53IN/c1-4-7-9-11-13-15-17-22-27-32(26-6-3,29-30(31)24-20-19-21-25-30)28-23-18-16-14-12-10-8-5-2/h3,19-21,24H,4-5,7-18,22-23,25-29H2,1-2H3/q+1. The highest BCUT2D eigenvalue weighted by Crippen LogP contribution is 2.33. The SMILES string of the molecule is C#CC[N+](CCCCCCCCCC)(CCCCCCCCCC)CC1(I)C=CC=CC1. The highest BCUT2D eigenvalue weighted by molar-refractivity contribution is 14.1. The number of unbranched alkanes of at least 4 members (excludes halogenated alkanes) is 14. The molecule has 0 heterocycles. The van der Waals surface area contributed by atoms with Crippen LogP contribution in [0.4, 0.5) is 0 Å². The van der Waals surface area contributed by atoms with Crippen LogP contribution in [0, 0.1) is 12.3 Å². The first kappa shape index (κ1) is 29.8. The van der Waals surface area contributed by atoms with E-state index in [9.17, 15) is 0 Å². The van der Waals surface area contributed by atoms with Gasteiger partial charge in [0.25, 0.3) is 0 Å². The largest absolute Gasteiger partial charge is 0.312 e. The Labute approximate surface area is 215 Å². The van der Waals surface area contributed by atoms with Crippen LogP contribution in [-0.2, 0) is 0 Å². The monoisotopic (exact) mass is 554 g/mol. The van der Waals surface area contributed by atoms with Crippen molar-refractivity contribution >= 4 is 22.6 Å². The van der Waals surface area contributed by atoms with Crippen molar-refractivity contribution in [1.29, 1.82) is 0 Å². The van der Waals surface area contributed by atoms with E-state index >= 15 is 0 Å². The number of hydrogen-bond acceptors (Lipinski definition) is 0. The topological polar surface area (TPSA) is 0 Å². The molecule has 1 aliphatic rings. The lowest BCUT2D eigenvalue weighted by Crippen LogP contribution is -2.55. The van der Waals surface area contributed by atoms with Crippen LogP contribution in [0.3, 0.4) is 0 Å². The van der Waals surface area contributed by atoms with Crippen LogP contribution >= 0.6 is 22.6 Å². The molecule has 0 amide bonds. The third-order valence-corrected chi connectivity index (χ3v) is 8.24. The third kappa shape index (κ3) is 14.1. The Kier molecular flexibility index (Phi) is 17.7. The summed E-state index contributed by atoms with van der Waals surface area (Å²) in [5, 5.41) is 0. The van der Waals surface area contributed by atoms with Gasteiger partial charge in [-0.2, -0.15) is 0 Å². The molecule has 0 saturated heterocycles. The summed E-state index contributed by atoms with van der Waals surface area (Å²) in [6, 6.07) is 0. The number of alkyl halides is 1. The normalized spacial score (nSPS) is 18.2. The number of halogens is 1. The number of terminal acetylenes is 1. The van der Waals surface area contributed by atoms with Crippen molar-refractivity contribution in [3.8, 4) is 12.3 Å². The van der Waals surface area contributed by atoms with Gasteiger partial charge in [-0.05, 0) is 38.0 Å². The molecular formula is C30H53IN+. The molecule has 0 aromatic heterocycles. The van der Waals surface area contributed by atoms with E-state index in [1.807, 2.05) is 0 Å². The quantitative estimate of drug-likeness (QED) is 0.0436. The molecule has 0 aromatic carbocycles. The Morgan fingerprint density at radius 2 is 1.22 bits per heavy atom. The highest BCUT2D eigenvalue weighted by Gasteiger charge is 2.36. The van der Waals surface area contributed by atoms with Gasteiger partial charge in [-0.15, -0.1) is 6.42 Å². The molecule has 0 aliphatic heterocycles. The summed E-state index contributed by atoms with van der Waals surface area (Å²) in [6.45, 7) is 9.20. The van der Waals surface area contributed by atoms with Crippen LogP contribution in [0.1, 0.15) is 123 Å². The molecule has 1 rings (SSSR count). The maximum atomic E-state index is 5.96. The van der Waals surface area contributed by atoms with Crippen LogP contribution in [0.5, 0.6) is 0 Å². The van der Waals surface area contributed by atoms with E-state index in [0.717, 1.165) is 17.4 Å². The van der Waals surface area contributed by atoms with Gasteiger partial charge in [0.1, 0.15) is 6.54 Å². The van der Waals surface area contributed by atoms with Crippen LogP contribution in [-0.4, -0.2) is 34.1 Å². The van der Waals surface area contributed by atoms with Gasteiger partial charge in [-0.1, -0.05) is 138 Å². The summed E-state index contributed by atoms with van der Waals surface area (Å²) in [5.41, 5.74) is 0. The van der Waals surface area contributed by atoms with Crippen LogP contribution in [0.15, 0.2) is 24.3 Å². The second kappa shape index (κ2) is 19.1. The van der Waals surface area contributed by atoms with Crippen molar-refractivity contribution in [2.45, 2.75) is 126 Å². The Morgan fingerprint density at radius 3 is 1.62 bits per heavy atom. The van der Waals surface area contributed by atoms with Gasteiger partial charge in [0.15, 0.2) is 0 Å². The zero-order chi connectivity index (χ0) is 23.4. The predicted octanol–water partition coefficient (Wildman–Crippen LogP) is 9.41. The fourth-order valence-corrected chi connectivity index (χ4v) is 6.34. The van der Waals surface area contributed by atoms with E-state index < -0.39 is 0 Å². The number of nitrogens with zero attached hydrogens (tertiary/aromatic N) is 1. The maximum Gasteiger partial charge on any atom is 0.140 e. The Morgan fingerprint density at radius 1 is 0.750 bits per heavy atom. The molecule has 0 saturated carbocycles. The number of rotatable bonds is 21. The molecule has 1 aliphatic carbocycles. The molecule has 32 heavy (non-hydrogen) atoms. The van der Waals surface area contributed by atoms with Crippen LogP contribution in [0.25, 0.3) is 0 Å². The molecule has 0 spiro atoms.